The Bertz CT molecular complexity index is 284. The summed E-state index contributed by atoms with van der Waals surface area (Å²) in [6.45, 7) is 7.84. The lowest BCUT2D eigenvalue weighted by molar-refractivity contribution is 0.324. The highest BCUT2D eigenvalue weighted by Crippen LogP contribution is 2.12. The first-order valence-electron chi connectivity index (χ1n) is 5.52. The Kier molecular flexibility index (Phi) is 2.87. The summed E-state index contributed by atoms with van der Waals surface area (Å²) in [7, 11) is 0. The molecule has 0 atom stereocenters. The number of hydrogen-bond donors (Lipinski definition) is 0. The van der Waals surface area contributed by atoms with Crippen molar-refractivity contribution in [3.63, 3.8) is 0 Å². The van der Waals surface area contributed by atoms with Crippen LogP contribution < -0.4 is 0 Å². The standard InChI is InChI=1S/C11H19N3/c1-10(2)14-8-5-11(12-14)9-13-6-3-4-7-13/h5,8,10H,3-4,6-7,9H2,1-2H3. The molecule has 1 aromatic rings. The summed E-state index contributed by atoms with van der Waals surface area (Å²) in [5.41, 5.74) is 1.21. The molecule has 0 spiro atoms. The largest absolute Gasteiger partial charge is 0.297 e. The molecule has 3 nitrogen and oxygen atoms in total. The summed E-state index contributed by atoms with van der Waals surface area (Å²) in [5, 5.41) is 4.55. The van der Waals surface area contributed by atoms with Crippen molar-refractivity contribution in [2.45, 2.75) is 39.3 Å². The van der Waals surface area contributed by atoms with Gasteiger partial charge >= 0.3 is 0 Å². The van der Waals surface area contributed by atoms with Gasteiger partial charge in [-0.3, -0.25) is 9.58 Å². The molecule has 78 valence electrons. The second-order valence-corrected chi connectivity index (χ2v) is 4.36. The van der Waals surface area contributed by atoms with E-state index in [0.29, 0.717) is 6.04 Å². The molecular weight excluding hydrogens is 174 g/mol. The van der Waals surface area contributed by atoms with Gasteiger partial charge in [0, 0.05) is 18.8 Å². The average Bonchev–Trinajstić information content (AvgIpc) is 2.75. The maximum Gasteiger partial charge on any atom is 0.0764 e. The predicted octanol–water partition coefficient (Wildman–Crippen LogP) is 2.06. The van der Waals surface area contributed by atoms with Crippen LogP contribution in [0.3, 0.4) is 0 Å². The topological polar surface area (TPSA) is 21.1 Å². The Hall–Kier alpha value is -0.830. The van der Waals surface area contributed by atoms with Crippen molar-refractivity contribution in [3.05, 3.63) is 18.0 Å². The van der Waals surface area contributed by atoms with E-state index < -0.39 is 0 Å². The molecule has 0 N–H and O–H groups in total. The lowest BCUT2D eigenvalue weighted by Crippen LogP contribution is -2.18. The van der Waals surface area contributed by atoms with E-state index >= 15 is 0 Å². The van der Waals surface area contributed by atoms with Gasteiger partial charge in [0.15, 0.2) is 0 Å². The minimum Gasteiger partial charge on any atom is -0.297 e. The summed E-state index contributed by atoms with van der Waals surface area (Å²) < 4.78 is 2.03. The third kappa shape index (κ3) is 2.15. The van der Waals surface area contributed by atoms with Crippen molar-refractivity contribution in [1.29, 1.82) is 0 Å². The van der Waals surface area contributed by atoms with Gasteiger partial charge in [-0.2, -0.15) is 5.10 Å². The highest BCUT2D eigenvalue weighted by Gasteiger charge is 2.13. The molecule has 0 unspecified atom stereocenters. The van der Waals surface area contributed by atoms with Gasteiger partial charge in [-0.1, -0.05) is 0 Å². The summed E-state index contributed by atoms with van der Waals surface area (Å²) in [6, 6.07) is 2.61. The van der Waals surface area contributed by atoms with E-state index in [9.17, 15) is 0 Å². The van der Waals surface area contributed by atoms with Crippen molar-refractivity contribution in [2.75, 3.05) is 13.1 Å². The van der Waals surface area contributed by atoms with Crippen LogP contribution in [-0.2, 0) is 6.54 Å². The molecular formula is C11H19N3. The molecule has 1 aliphatic rings. The second kappa shape index (κ2) is 4.13. The molecule has 1 aliphatic heterocycles. The van der Waals surface area contributed by atoms with Crippen LogP contribution in [0.15, 0.2) is 12.3 Å². The van der Waals surface area contributed by atoms with E-state index in [-0.39, 0.29) is 0 Å². The monoisotopic (exact) mass is 193 g/mol. The van der Waals surface area contributed by atoms with E-state index in [1.807, 2.05) is 4.68 Å². The fourth-order valence-corrected chi connectivity index (χ4v) is 1.92. The van der Waals surface area contributed by atoms with Crippen molar-refractivity contribution in [3.8, 4) is 0 Å². The molecule has 1 aromatic heterocycles. The number of nitrogens with zero attached hydrogens (tertiary/aromatic N) is 3. The normalized spacial score (nSPS) is 18.2. The van der Waals surface area contributed by atoms with Crippen LogP contribution in [0.25, 0.3) is 0 Å². The first-order chi connectivity index (χ1) is 6.75. The molecule has 0 aromatic carbocycles. The Balaban J connectivity index is 1.95. The fourth-order valence-electron chi connectivity index (χ4n) is 1.92. The Morgan fingerprint density at radius 1 is 1.36 bits per heavy atom. The van der Waals surface area contributed by atoms with Crippen LogP contribution in [0.4, 0.5) is 0 Å². The molecule has 0 bridgehead atoms. The molecule has 0 aliphatic carbocycles. The van der Waals surface area contributed by atoms with Crippen molar-refractivity contribution in [1.82, 2.24) is 14.7 Å². The van der Waals surface area contributed by atoms with E-state index in [1.165, 1.54) is 31.6 Å². The zero-order valence-electron chi connectivity index (χ0n) is 9.11. The molecule has 2 heterocycles. The molecule has 3 heteroatoms. The summed E-state index contributed by atoms with van der Waals surface area (Å²) in [6.07, 6.45) is 4.78. The van der Waals surface area contributed by atoms with Crippen LogP contribution >= 0.6 is 0 Å². The number of likely N-dealkylation sites (tertiary alicyclic amines) is 1. The van der Waals surface area contributed by atoms with E-state index in [2.05, 4.69) is 36.1 Å². The van der Waals surface area contributed by atoms with Crippen molar-refractivity contribution >= 4 is 0 Å². The van der Waals surface area contributed by atoms with Gasteiger partial charge < -0.3 is 0 Å². The van der Waals surface area contributed by atoms with Gasteiger partial charge in [0.1, 0.15) is 0 Å². The minimum atomic E-state index is 0.474. The molecule has 1 saturated heterocycles. The number of rotatable bonds is 3. The minimum absolute atomic E-state index is 0.474. The van der Waals surface area contributed by atoms with Gasteiger partial charge in [-0.25, -0.2) is 0 Å². The van der Waals surface area contributed by atoms with Crippen LogP contribution in [-0.4, -0.2) is 27.8 Å². The zero-order valence-corrected chi connectivity index (χ0v) is 9.11. The summed E-state index contributed by atoms with van der Waals surface area (Å²) >= 11 is 0. The Morgan fingerprint density at radius 2 is 2.07 bits per heavy atom. The highest BCUT2D eigenvalue weighted by atomic mass is 15.3. The maximum absolute atomic E-state index is 4.55. The number of hydrogen-bond acceptors (Lipinski definition) is 2. The smallest absolute Gasteiger partial charge is 0.0764 e. The third-order valence-electron chi connectivity index (χ3n) is 2.78. The van der Waals surface area contributed by atoms with Crippen LogP contribution in [0.5, 0.6) is 0 Å². The molecule has 1 fully saturated rings. The van der Waals surface area contributed by atoms with Gasteiger partial charge in [-0.05, 0) is 45.8 Å². The second-order valence-electron chi connectivity index (χ2n) is 4.36. The van der Waals surface area contributed by atoms with Crippen molar-refractivity contribution < 1.29 is 0 Å². The third-order valence-corrected chi connectivity index (χ3v) is 2.78. The molecule has 14 heavy (non-hydrogen) atoms. The highest BCUT2D eigenvalue weighted by molar-refractivity contribution is 4.99. The van der Waals surface area contributed by atoms with E-state index in [0.717, 1.165) is 6.54 Å². The SMILES string of the molecule is CC(C)n1ccc(CN2CCCC2)n1. The summed E-state index contributed by atoms with van der Waals surface area (Å²) in [4.78, 5) is 2.48. The molecule has 0 amide bonds. The number of aromatic nitrogens is 2. The van der Waals surface area contributed by atoms with Crippen molar-refractivity contribution in [2.24, 2.45) is 0 Å². The quantitative estimate of drug-likeness (QED) is 0.732. The lowest BCUT2D eigenvalue weighted by Gasteiger charge is -2.12. The van der Waals surface area contributed by atoms with E-state index in [1.54, 1.807) is 0 Å². The van der Waals surface area contributed by atoms with Crippen LogP contribution in [0, 0.1) is 0 Å². The Morgan fingerprint density at radius 3 is 2.64 bits per heavy atom. The lowest BCUT2D eigenvalue weighted by atomic mass is 10.4. The molecule has 2 rings (SSSR count). The Labute approximate surface area is 85.7 Å². The van der Waals surface area contributed by atoms with Crippen LogP contribution in [0.1, 0.15) is 38.4 Å². The zero-order chi connectivity index (χ0) is 9.97. The first-order valence-corrected chi connectivity index (χ1v) is 5.52. The molecule has 0 saturated carbocycles. The predicted molar refractivity (Wildman–Crippen MR) is 57.1 cm³/mol. The molecule has 0 radical (unpaired) electrons. The first kappa shape index (κ1) is 9.71. The average molecular weight is 193 g/mol. The van der Waals surface area contributed by atoms with Crippen LogP contribution in [0.2, 0.25) is 0 Å². The van der Waals surface area contributed by atoms with Gasteiger partial charge in [-0.15, -0.1) is 0 Å². The van der Waals surface area contributed by atoms with E-state index in [4.69, 9.17) is 0 Å². The van der Waals surface area contributed by atoms with Gasteiger partial charge in [0.2, 0.25) is 0 Å². The summed E-state index contributed by atoms with van der Waals surface area (Å²) in [5.74, 6) is 0. The van der Waals surface area contributed by atoms with Gasteiger partial charge in [0.25, 0.3) is 0 Å². The van der Waals surface area contributed by atoms with Gasteiger partial charge in [0.05, 0.1) is 5.69 Å². The fraction of sp³-hybridized carbons (Fsp3) is 0.727. The maximum atomic E-state index is 4.55.